The molecule has 6 N–H and O–H groups in total. The minimum Gasteiger partial charge on any atom is -0.395 e. The standard InChI is InChI=1S/C27H29F2N3O7S/c1-16-3-10-22(30-23(16)17-4-7-19(8-5-17)40(36,37)32-25(2,14-33)15-34)31-24(35)26(11-12-26)18-6-9-20-21(13-18)39-27(28,29)38-20/h3-10,13,32-34,36-37H,11-12,14-15H2,1-2H3,(H,30,31,35). The third kappa shape index (κ3) is 5.36. The lowest BCUT2D eigenvalue weighted by molar-refractivity contribution is -0.286. The van der Waals surface area contributed by atoms with Crippen molar-refractivity contribution in [3.05, 3.63) is 65.7 Å². The first-order chi connectivity index (χ1) is 18.8. The molecule has 0 spiro atoms. The average molecular weight is 578 g/mol. The molecule has 214 valence electrons. The molecule has 1 amide bonds. The minimum atomic E-state index is -3.74. The summed E-state index contributed by atoms with van der Waals surface area (Å²) in [5, 5.41) is 21.8. The minimum absolute atomic E-state index is 0.0892. The maximum absolute atomic E-state index is 13.4. The Morgan fingerprint density at radius 2 is 1.68 bits per heavy atom. The van der Waals surface area contributed by atoms with Crippen molar-refractivity contribution in [2.75, 3.05) is 18.5 Å². The number of carbonyl (C=O) groups excluding carboxylic acids is 1. The number of nitrogens with one attached hydrogen (secondary N) is 2. The molecule has 0 radical (unpaired) electrons. The predicted octanol–water partition coefficient (Wildman–Crippen LogP) is 4.41. The predicted molar refractivity (Wildman–Crippen MR) is 143 cm³/mol. The van der Waals surface area contributed by atoms with Gasteiger partial charge in [0.25, 0.3) is 0 Å². The van der Waals surface area contributed by atoms with E-state index < -0.39 is 41.2 Å². The summed E-state index contributed by atoms with van der Waals surface area (Å²) in [5.74, 6) is -0.244. The van der Waals surface area contributed by atoms with Crippen molar-refractivity contribution < 1.29 is 42.4 Å². The van der Waals surface area contributed by atoms with Gasteiger partial charge in [0.15, 0.2) is 11.5 Å². The normalized spacial score (nSPS) is 17.4. The summed E-state index contributed by atoms with van der Waals surface area (Å²) in [4.78, 5) is 18.1. The largest absolute Gasteiger partial charge is 0.586 e. The highest BCUT2D eigenvalue weighted by molar-refractivity contribution is 8.22. The van der Waals surface area contributed by atoms with Gasteiger partial charge in [0.1, 0.15) is 5.82 Å². The van der Waals surface area contributed by atoms with E-state index in [0.29, 0.717) is 35.5 Å². The number of rotatable bonds is 9. The topological polar surface area (TPSA) is 153 Å². The maximum Gasteiger partial charge on any atom is 0.586 e. The van der Waals surface area contributed by atoms with Crippen molar-refractivity contribution in [3.63, 3.8) is 0 Å². The van der Waals surface area contributed by atoms with Crippen LogP contribution in [0.1, 0.15) is 30.9 Å². The van der Waals surface area contributed by atoms with Crippen molar-refractivity contribution in [2.24, 2.45) is 0 Å². The van der Waals surface area contributed by atoms with Gasteiger partial charge in [0.2, 0.25) is 5.91 Å². The van der Waals surface area contributed by atoms with Crippen LogP contribution >= 0.6 is 10.8 Å². The number of carbonyl (C=O) groups is 1. The van der Waals surface area contributed by atoms with E-state index in [1.54, 1.807) is 30.3 Å². The third-order valence-corrected chi connectivity index (χ3v) is 8.73. The van der Waals surface area contributed by atoms with E-state index in [0.717, 1.165) is 5.56 Å². The van der Waals surface area contributed by atoms with Crippen molar-refractivity contribution in [3.8, 4) is 22.8 Å². The second-order valence-electron chi connectivity index (χ2n) is 10.3. The maximum atomic E-state index is 13.4. The summed E-state index contributed by atoms with van der Waals surface area (Å²) in [7, 11) is -3.53. The molecule has 5 rings (SSSR count). The Bertz CT molecular complexity index is 1440. The van der Waals surface area contributed by atoms with Crippen LogP contribution < -0.4 is 19.5 Å². The number of aliphatic hydroxyl groups is 2. The molecule has 2 aliphatic rings. The van der Waals surface area contributed by atoms with Crippen LogP contribution in [0.5, 0.6) is 11.5 Å². The zero-order chi connectivity index (χ0) is 28.9. The first-order valence-electron chi connectivity index (χ1n) is 12.4. The molecule has 0 bridgehead atoms. The van der Waals surface area contributed by atoms with Gasteiger partial charge in [-0.15, -0.1) is 19.6 Å². The third-order valence-electron chi connectivity index (χ3n) is 7.02. The lowest BCUT2D eigenvalue weighted by Crippen LogP contribution is -2.49. The highest BCUT2D eigenvalue weighted by Gasteiger charge is 2.53. The monoisotopic (exact) mass is 577 g/mol. The Labute approximate surface area is 230 Å². The van der Waals surface area contributed by atoms with Crippen LogP contribution in [0.2, 0.25) is 0 Å². The van der Waals surface area contributed by atoms with E-state index in [1.807, 2.05) is 6.92 Å². The molecular formula is C27H29F2N3O7S. The summed E-state index contributed by atoms with van der Waals surface area (Å²) in [6.07, 6.45) is -2.68. The Hall–Kier alpha value is -3.33. The number of hydrogen-bond donors (Lipinski definition) is 6. The number of nitrogens with zero attached hydrogens (tertiary/aromatic N) is 1. The fourth-order valence-corrected chi connectivity index (χ4v) is 5.91. The molecule has 1 saturated carbocycles. The van der Waals surface area contributed by atoms with Crippen LogP contribution in [-0.4, -0.2) is 55.3 Å². The van der Waals surface area contributed by atoms with Crippen molar-refractivity contribution >= 4 is 22.5 Å². The number of halogens is 2. The molecule has 1 fully saturated rings. The van der Waals surface area contributed by atoms with Gasteiger partial charge >= 0.3 is 6.29 Å². The highest BCUT2D eigenvalue weighted by atomic mass is 32.3. The Morgan fingerprint density at radius 3 is 2.30 bits per heavy atom. The SMILES string of the molecule is Cc1ccc(NC(=O)C2(c3ccc4c(c3)OC(F)(F)O4)CC2)nc1-c1ccc(S(O)(O)NC(C)(CO)CO)cc1. The lowest BCUT2D eigenvalue weighted by atomic mass is 9.94. The van der Waals surface area contributed by atoms with Gasteiger partial charge in [0, 0.05) is 5.56 Å². The molecule has 1 aliphatic carbocycles. The van der Waals surface area contributed by atoms with Gasteiger partial charge in [-0.1, -0.05) is 24.3 Å². The molecule has 2 aromatic carbocycles. The van der Waals surface area contributed by atoms with Crippen LogP contribution in [-0.2, 0) is 10.2 Å². The summed E-state index contributed by atoms with van der Waals surface area (Å²) in [6.45, 7) is 2.28. The van der Waals surface area contributed by atoms with E-state index in [4.69, 9.17) is 0 Å². The molecule has 0 atom stereocenters. The molecule has 3 aromatic rings. The van der Waals surface area contributed by atoms with Gasteiger partial charge in [-0.2, -0.15) is 0 Å². The number of aryl methyl sites for hydroxylation is 1. The van der Waals surface area contributed by atoms with Crippen LogP contribution in [0.4, 0.5) is 14.6 Å². The van der Waals surface area contributed by atoms with Crippen LogP contribution in [0.3, 0.4) is 0 Å². The fourth-order valence-electron chi connectivity index (χ4n) is 4.46. The Balaban J connectivity index is 1.34. The summed E-state index contributed by atoms with van der Waals surface area (Å²) >= 11 is 0. The van der Waals surface area contributed by atoms with Crippen LogP contribution in [0.15, 0.2) is 59.5 Å². The number of aromatic nitrogens is 1. The Kier molecular flexibility index (Phi) is 7.01. The number of benzene rings is 2. The quantitative estimate of drug-likeness (QED) is 0.217. The number of anilines is 1. The number of amides is 1. The van der Waals surface area contributed by atoms with E-state index in [2.05, 4.69) is 24.5 Å². The van der Waals surface area contributed by atoms with Gasteiger partial charge in [-0.3, -0.25) is 13.9 Å². The van der Waals surface area contributed by atoms with E-state index in [-0.39, 0.29) is 22.3 Å². The Morgan fingerprint density at radius 1 is 1.02 bits per heavy atom. The number of fused-ring (bicyclic) bond motifs is 1. The molecule has 0 saturated heterocycles. The van der Waals surface area contributed by atoms with Crippen molar-refractivity contribution in [1.29, 1.82) is 0 Å². The smallest absolute Gasteiger partial charge is 0.395 e. The van der Waals surface area contributed by atoms with Crippen LogP contribution in [0.25, 0.3) is 11.3 Å². The first-order valence-corrected chi connectivity index (χ1v) is 13.9. The number of alkyl halides is 2. The number of aliphatic hydroxyl groups excluding tert-OH is 2. The van der Waals surface area contributed by atoms with E-state index in [9.17, 15) is 32.9 Å². The molecule has 1 aliphatic heterocycles. The van der Waals surface area contributed by atoms with Crippen LogP contribution in [0, 0.1) is 6.92 Å². The number of hydrogen-bond acceptors (Lipinski definition) is 9. The molecule has 2 heterocycles. The number of pyridine rings is 1. The lowest BCUT2D eigenvalue weighted by Gasteiger charge is -2.40. The average Bonchev–Trinajstić information content (AvgIpc) is 3.66. The second-order valence-corrected chi connectivity index (χ2v) is 12.1. The van der Waals surface area contributed by atoms with Gasteiger partial charge in [0.05, 0.1) is 34.8 Å². The molecular weight excluding hydrogens is 548 g/mol. The molecule has 10 nitrogen and oxygen atoms in total. The summed E-state index contributed by atoms with van der Waals surface area (Å²) < 4.78 is 59.6. The zero-order valence-corrected chi connectivity index (χ0v) is 22.5. The van der Waals surface area contributed by atoms with Gasteiger partial charge in [-0.25, -0.2) is 9.71 Å². The highest BCUT2D eigenvalue weighted by Crippen LogP contribution is 2.52. The molecule has 40 heavy (non-hydrogen) atoms. The summed E-state index contributed by atoms with van der Waals surface area (Å²) in [5.41, 5.74) is 0.355. The number of ether oxygens (including phenoxy) is 2. The van der Waals surface area contributed by atoms with E-state index in [1.165, 1.54) is 31.2 Å². The summed E-state index contributed by atoms with van der Waals surface area (Å²) in [6, 6.07) is 14.1. The second kappa shape index (κ2) is 9.94. The van der Waals surface area contributed by atoms with E-state index >= 15 is 0 Å². The fraction of sp³-hybridized carbons (Fsp3) is 0.333. The first kappa shape index (κ1) is 28.2. The van der Waals surface area contributed by atoms with Crippen molar-refractivity contribution in [2.45, 2.75) is 48.8 Å². The molecule has 0 unspecified atom stereocenters. The zero-order valence-electron chi connectivity index (χ0n) is 21.6. The van der Waals surface area contributed by atoms with Crippen molar-refractivity contribution in [1.82, 2.24) is 9.71 Å². The van der Waals surface area contributed by atoms with Gasteiger partial charge < -0.3 is 25.0 Å². The van der Waals surface area contributed by atoms with Gasteiger partial charge in [-0.05, 0) is 68.1 Å². The molecule has 13 heteroatoms. The molecule has 1 aromatic heterocycles.